The van der Waals surface area contributed by atoms with Crippen LogP contribution in [-0.4, -0.2) is 35.2 Å². The molecule has 2 fully saturated rings. The summed E-state index contributed by atoms with van der Waals surface area (Å²) in [5.74, 6) is -1.81. The van der Waals surface area contributed by atoms with Gasteiger partial charge in [-0.1, -0.05) is 30.5 Å². The number of anilines is 1. The summed E-state index contributed by atoms with van der Waals surface area (Å²) in [7, 11) is 0. The van der Waals surface area contributed by atoms with Gasteiger partial charge in [0.1, 0.15) is 0 Å². The number of thiocarbonyl (C=S) groups is 1. The number of nitrogens with zero attached hydrogens (tertiary/aromatic N) is 2. The van der Waals surface area contributed by atoms with E-state index in [0.29, 0.717) is 5.69 Å². The van der Waals surface area contributed by atoms with Crippen molar-refractivity contribution >= 4 is 41.0 Å². The molecule has 0 bridgehead atoms. The molecule has 1 aliphatic heterocycles. The van der Waals surface area contributed by atoms with Crippen LogP contribution in [-0.2, 0) is 9.59 Å². The van der Waals surface area contributed by atoms with E-state index in [9.17, 15) is 9.59 Å². The molecule has 132 valence electrons. The quantitative estimate of drug-likeness (QED) is 0.489. The van der Waals surface area contributed by atoms with Gasteiger partial charge in [0.25, 0.3) is 5.91 Å². The van der Waals surface area contributed by atoms with Gasteiger partial charge in [0.2, 0.25) is 5.91 Å². The van der Waals surface area contributed by atoms with Gasteiger partial charge in [0.15, 0.2) is 11.0 Å². The third kappa shape index (κ3) is 3.77. The molecular weight excluding hydrogens is 336 g/mol. The third-order valence-electron chi connectivity index (χ3n) is 4.70. The summed E-state index contributed by atoms with van der Waals surface area (Å²) in [4.78, 5) is 30.9. The summed E-state index contributed by atoms with van der Waals surface area (Å²) in [5, 5.41) is 2.69. The Morgan fingerprint density at radius 1 is 1.24 bits per heavy atom. The van der Waals surface area contributed by atoms with E-state index in [1.807, 2.05) is 31.2 Å². The Hall–Kier alpha value is -2.12. The normalized spacial score (nSPS) is 27.7. The molecule has 1 aromatic rings. The number of nitrogens with one attached hydrogen (secondary N) is 1. The lowest BCUT2D eigenvalue weighted by atomic mass is 9.91. The molecule has 3 rings (SSSR count). The van der Waals surface area contributed by atoms with Gasteiger partial charge in [-0.05, 0) is 44.1 Å². The summed E-state index contributed by atoms with van der Waals surface area (Å²) < 4.78 is 0. The van der Waals surface area contributed by atoms with Crippen LogP contribution in [0, 0.1) is 12.8 Å². The highest BCUT2D eigenvalue weighted by Gasteiger charge is 2.38. The van der Waals surface area contributed by atoms with Crippen LogP contribution < -0.4 is 16.0 Å². The molecule has 0 radical (unpaired) electrons. The summed E-state index contributed by atoms with van der Waals surface area (Å²) in [5.41, 5.74) is 7.80. The van der Waals surface area contributed by atoms with Gasteiger partial charge in [-0.3, -0.25) is 19.5 Å². The molecule has 7 heteroatoms. The van der Waals surface area contributed by atoms with Crippen LogP contribution in [0.5, 0.6) is 0 Å². The van der Waals surface area contributed by atoms with Crippen LogP contribution in [0.3, 0.4) is 0 Å². The highest BCUT2D eigenvalue weighted by Crippen LogP contribution is 2.22. The van der Waals surface area contributed by atoms with E-state index < -0.39 is 11.8 Å². The Morgan fingerprint density at radius 2 is 1.92 bits per heavy atom. The van der Waals surface area contributed by atoms with Gasteiger partial charge >= 0.3 is 0 Å². The van der Waals surface area contributed by atoms with Crippen LogP contribution in [0.4, 0.5) is 5.69 Å². The molecule has 0 unspecified atom stereocenters. The number of carbonyl (C=O) groups is 2. The van der Waals surface area contributed by atoms with Crippen molar-refractivity contribution in [2.24, 2.45) is 16.6 Å². The first-order valence-electron chi connectivity index (χ1n) is 8.51. The minimum atomic E-state index is -0.984. The number of aryl methyl sites for hydroxylation is 1. The van der Waals surface area contributed by atoms with Gasteiger partial charge in [-0.15, -0.1) is 0 Å². The predicted octanol–water partition coefficient (Wildman–Crippen LogP) is 1.70. The number of nitrogens with two attached hydrogens (primary N) is 1. The molecule has 1 heterocycles. The Balaban J connectivity index is 1.81. The number of carbonyl (C=O) groups excluding carboxylic acids is 2. The van der Waals surface area contributed by atoms with Crippen molar-refractivity contribution in [3.63, 3.8) is 0 Å². The highest BCUT2D eigenvalue weighted by atomic mass is 32.1. The Kier molecular flexibility index (Phi) is 5.24. The number of hydrogen-bond donors (Lipinski definition) is 2. The van der Waals surface area contributed by atoms with Crippen molar-refractivity contribution in [2.75, 3.05) is 4.90 Å². The fourth-order valence-corrected chi connectivity index (χ4v) is 3.48. The number of rotatable bonds is 3. The van der Waals surface area contributed by atoms with Crippen molar-refractivity contribution in [3.05, 3.63) is 29.8 Å². The zero-order chi connectivity index (χ0) is 18.0. The fraction of sp³-hybridized carbons (Fsp3) is 0.444. The van der Waals surface area contributed by atoms with E-state index in [2.05, 4.69) is 10.3 Å². The summed E-state index contributed by atoms with van der Waals surface area (Å²) in [6.07, 6.45) is 5.43. The molecular formula is C18H22N4O2S. The lowest BCUT2D eigenvalue weighted by molar-refractivity contribution is -0.130. The second-order valence-corrected chi connectivity index (χ2v) is 6.98. The smallest absolute Gasteiger partial charge is 0.251 e. The number of hydrogen-bond acceptors (Lipinski definition) is 5. The summed E-state index contributed by atoms with van der Waals surface area (Å²) in [6.45, 7) is 1.96. The Labute approximate surface area is 152 Å². The second kappa shape index (κ2) is 7.41. The fourth-order valence-electron chi connectivity index (χ4n) is 3.18. The zero-order valence-electron chi connectivity index (χ0n) is 14.1. The molecule has 25 heavy (non-hydrogen) atoms. The minimum Gasteiger partial charge on any atom is -0.326 e. The van der Waals surface area contributed by atoms with Crippen LogP contribution in [0.25, 0.3) is 0 Å². The topological polar surface area (TPSA) is 87.8 Å². The van der Waals surface area contributed by atoms with E-state index >= 15 is 0 Å². The molecule has 0 spiro atoms. The predicted molar refractivity (Wildman–Crippen MR) is 102 cm³/mol. The van der Waals surface area contributed by atoms with Gasteiger partial charge in [-0.2, -0.15) is 0 Å². The Morgan fingerprint density at radius 3 is 2.60 bits per heavy atom. The number of amides is 2. The molecule has 1 aromatic carbocycles. The van der Waals surface area contributed by atoms with E-state index in [4.69, 9.17) is 18.0 Å². The second-order valence-electron chi connectivity index (χ2n) is 6.60. The van der Waals surface area contributed by atoms with Crippen molar-refractivity contribution < 1.29 is 9.59 Å². The summed E-state index contributed by atoms with van der Waals surface area (Å²) >= 11 is 5.19. The van der Waals surface area contributed by atoms with Crippen molar-refractivity contribution in [3.8, 4) is 0 Å². The molecule has 3 N–H and O–H groups in total. The molecule has 6 nitrogen and oxygen atoms in total. The molecule has 2 aliphatic rings. The average Bonchev–Trinajstić information content (AvgIpc) is 2.57. The van der Waals surface area contributed by atoms with Crippen LogP contribution in [0.2, 0.25) is 0 Å². The first-order chi connectivity index (χ1) is 12.0. The Bertz CT molecular complexity index is 716. The van der Waals surface area contributed by atoms with Gasteiger partial charge < -0.3 is 11.1 Å². The molecule has 3 atom stereocenters. The van der Waals surface area contributed by atoms with Crippen molar-refractivity contribution in [2.45, 2.75) is 44.7 Å². The molecule has 0 aromatic heterocycles. The maximum absolute atomic E-state index is 12.8. The molecule has 2 amide bonds. The van der Waals surface area contributed by atoms with Gasteiger partial charge in [-0.25, -0.2) is 0 Å². The van der Waals surface area contributed by atoms with Crippen LogP contribution in [0.15, 0.2) is 29.3 Å². The van der Waals surface area contributed by atoms with E-state index in [-0.39, 0.29) is 23.1 Å². The van der Waals surface area contributed by atoms with Crippen molar-refractivity contribution in [1.82, 2.24) is 5.32 Å². The maximum Gasteiger partial charge on any atom is 0.251 e. The van der Waals surface area contributed by atoms with Crippen LogP contribution in [0.1, 0.15) is 31.2 Å². The monoisotopic (exact) mass is 358 g/mol. The standard InChI is InChI=1S/C18H22N4O2S/c1-11-6-8-12(9-7-11)22-17(24)13(16(23)21-18(22)25)10-20-15-5-3-2-4-14(15)19/h6-10,13-15H,2-5,19H2,1H3,(H,21,23,25)/t13-,14+,15+/m1/s1. The maximum atomic E-state index is 12.8. The SMILES string of the molecule is Cc1ccc(N2C(=O)[C@H](C=N[C@H]3CCCC[C@@H]3N)C(=O)NC2=S)cc1. The van der Waals surface area contributed by atoms with Crippen LogP contribution >= 0.6 is 12.2 Å². The number of benzene rings is 1. The lowest BCUT2D eigenvalue weighted by Gasteiger charge is -2.31. The molecule has 1 saturated heterocycles. The van der Waals surface area contributed by atoms with Crippen molar-refractivity contribution in [1.29, 1.82) is 0 Å². The molecule has 1 aliphatic carbocycles. The van der Waals surface area contributed by atoms with Gasteiger partial charge in [0, 0.05) is 12.3 Å². The van der Waals surface area contributed by atoms with E-state index in [1.165, 1.54) is 11.1 Å². The summed E-state index contributed by atoms with van der Waals surface area (Å²) in [6, 6.07) is 7.36. The zero-order valence-corrected chi connectivity index (χ0v) is 15.0. The highest BCUT2D eigenvalue weighted by molar-refractivity contribution is 7.80. The average molecular weight is 358 g/mol. The lowest BCUT2D eigenvalue weighted by Crippen LogP contribution is -2.58. The molecule has 1 saturated carbocycles. The van der Waals surface area contributed by atoms with E-state index in [0.717, 1.165) is 31.2 Å². The first-order valence-corrected chi connectivity index (χ1v) is 8.92. The largest absolute Gasteiger partial charge is 0.326 e. The van der Waals surface area contributed by atoms with E-state index in [1.54, 1.807) is 0 Å². The third-order valence-corrected chi connectivity index (χ3v) is 4.99. The first kappa shape index (κ1) is 17.7. The minimum absolute atomic E-state index is 0.0129. The van der Waals surface area contributed by atoms with Gasteiger partial charge in [0.05, 0.1) is 11.7 Å². The number of aliphatic imine (C=N–C) groups is 1.